The number of likely N-dealkylation sites (N-methyl/N-ethyl adjacent to an activating group) is 1. The molecule has 2 rings (SSSR count). The van der Waals surface area contributed by atoms with Crippen molar-refractivity contribution in [3.63, 3.8) is 0 Å². The van der Waals surface area contributed by atoms with Gasteiger partial charge >= 0.3 is 0 Å². The summed E-state index contributed by atoms with van der Waals surface area (Å²) in [5.41, 5.74) is 0.189. The highest BCUT2D eigenvalue weighted by molar-refractivity contribution is 9.10. The minimum atomic E-state index is -0.514. The van der Waals surface area contributed by atoms with Gasteiger partial charge in [0.1, 0.15) is 0 Å². The Kier molecular flexibility index (Phi) is 5.30. The zero-order valence-corrected chi connectivity index (χ0v) is 13.3. The highest BCUT2D eigenvalue weighted by Crippen LogP contribution is 2.28. The standard InChI is InChI=1S/C14H17BrN2O4/c1-16(6-7-21-9-10-2-3-10)14(18)11-4-5-12(15)13(8-11)17(19)20/h4-5,8,10H,2-3,6-7,9H2,1H3. The molecule has 1 aromatic carbocycles. The van der Waals surface area contributed by atoms with Gasteiger partial charge in [-0.2, -0.15) is 0 Å². The summed E-state index contributed by atoms with van der Waals surface area (Å²) in [6, 6.07) is 4.37. The average Bonchev–Trinajstić information content (AvgIpc) is 3.27. The van der Waals surface area contributed by atoms with E-state index in [9.17, 15) is 14.9 Å². The van der Waals surface area contributed by atoms with Gasteiger partial charge < -0.3 is 9.64 Å². The number of nitro benzene ring substituents is 1. The smallest absolute Gasteiger partial charge is 0.284 e. The second-order valence-corrected chi connectivity index (χ2v) is 6.02. The van der Waals surface area contributed by atoms with Crippen LogP contribution in [0.2, 0.25) is 0 Å². The predicted molar refractivity (Wildman–Crippen MR) is 81.3 cm³/mol. The van der Waals surface area contributed by atoms with Gasteiger partial charge in [0, 0.05) is 31.8 Å². The van der Waals surface area contributed by atoms with Crippen LogP contribution in [-0.4, -0.2) is 42.5 Å². The van der Waals surface area contributed by atoms with E-state index in [2.05, 4.69) is 15.9 Å². The number of hydrogen-bond donors (Lipinski definition) is 0. The lowest BCUT2D eigenvalue weighted by Crippen LogP contribution is -2.30. The number of benzene rings is 1. The third-order valence-electron chi connectivity index (χ3n) is 3.36. The number of amides is 1. The summed E-state index contributed by atoms with van der Waals surface area (Å²) in [5, 5.41) is 10.9. The summed E-state index contributed by atoms with van der Waals surface area (Å²) in [6.45, 7) is 1.71. The molecule has 1 aliphatic rings. The van der Waals surface area contributed by atoms with Gasteiger partial charge in [-0.3, -0.25) is 14.9 Å². The number of ether oxygens (including phenoxy) is 1. The first-order valence-corrected chi connectivity index (χ1v) is 7.55. The molecule has 0 saturated heterocycles. The number of rotatable bonds is 7. The van der Waals surface area contributed by atoms with Crippen molar-refractivity contribution in [1.29, 1.82) is 0 Å². The molecule has 0 spiro atoms. The molecule has 0 aromatic heterocycles. The van der Waals surface area contributed by atoms with Gasteiger partial charge in [0.25, 0.3) is 11.6 Å². The van der Waals surface area contributed by atoms with Crippen LogP contribution in [0.15, 0.2) is 22.7 Å². The normalized spacial score (nSPS) is 14.0. The van der Waals surface area contributed by atoms with Crippen LogP contribution in [0.5, 0.6) is 0 Å². The molecule has 0 atom stereocenters. The first-order chi connectivity index (χ1) is 9.99. The van der Waals surface area contributed by atoms with E-state index in [1.54, 1.807) is 13.1 Å². The van der Waals surface area contributed by atoms with E-state index >= 15 is 0 Å². The summed E-state index contributed by atoms with van der Waals surface area (Å²) in [6.07, 6.45) is 2.47. The van der Waals surface area contributed by atoms with E-state index in [1.807, 2.05) is 0 Å². The number of nitro groups is 1. The largest absolute Gasteiger partial charge is 0.379 e. The van der Waals surface area contributed by atoms with Crippen LogP contribution in [0, 0.1) is 16.0 Å². The van der Waals surface area contributed by atoms with Crippen molar-refractivity contribution in [1.82, 2.24) is 4.90 Å². The fourth-order valence-corrected chi connectivity index (χ4v) is 2.23. The number of halogens is 1. The quantitative estimate of drug-likeness (QED) is 0.427. The van der Waals surface area contributed by atoms with Gasteiger partial charge in [0.2, 0.25) is 0 Å². The molecule has 0 unspecified atom stereocenters. The SMILES string of the molecule is CN(CCOCC1CC1)C(=O)c1ccc(Br)c([N+](=O)[O-])c1. The fraction of sp³-hybridized carbons (Fsp3) is 0.500. The Bertz CT molecular complexity index is 546. The van der Waals surface area contributed by atoms with Crippen LogP contribution >= 0.6 is 15.9 Å². The van der Waals surface area contributed by atoms with Crippen molar-refractivity contribution >= 4 is 27.5 Å². The van der Waals surface area contributed by atoms with Gasteiger partial charge in [0.05, 0.1) is 16.0 Å². The summed E-state index contributed by atoms with van der Waals surface area (Å²) >= 11 is 3.10. The molecule has 7 heteroatoms. The lowest BCUT2D eigenvalue weighted by atomic mass is 10.2. The molecule has 1 fully saturated rings. The molecular weight excluding hydrogens is 340 g/mol. The Balaban J connectivity index is 1.91. The second-order valence-electron chi connectivity index (χ2n) is 5.17. The maximum atomic E-state index is 12.2. The molecule has 0 radical (unpaired) electrons. The van der Waals surface area contributed by atoms with E-state index in [0.29, 0.717) is 29.1 Å². The van der Waals surface area contributed by atoms with Crippen molar-refractivity contribution < 1.29 is 14.5 Å². The fourth-order valence-electron chi connectivity index (χ4n) is 1.84. The Labute approximate surface area is 131 Å². The Hall–Kier alpha value is -1.47. The average molecular weight is 357 g/mol. The van der Waals surface area contributed by atoms with Crippen molar-refractivity contribution in [3.05, 3.63) is 38.3 Å². The molecule has 1 aromatic rings. The number of carbonyl (C=O) groups excluding carboxylic acids is 1. The molecule has 1 amide bonds. The molecule has 114 valence electrons. The van der Waals surface area contributed by atoms with E-state index in [-0.39, 0.29) is 11.6 Å². The molecule has 1 saturated carbocycles. The maximum Gasteiger partial charge on any atom is 0.284 e. The second kappa shape index (κ2) is 7.00. The number of carbonyl (C=O) groups is 1. The molecule has 0 heterocycles. The van der Waals surface area contributed by atoms with Crippen LogP contribution in [0.4, 0.5) is 5.69 Å². The van der Waals surface area contributed by atoms with Gasteiger partial charge in [0.15, 0.2) is 0 Å². The highest BCUT2D eigenvalue weighted by Gasteiger charge is 2.21. The number of hydrogen-bond acceptors (Lipinski definition) is 4. The molecule has 0 bridgehead atoms. The van der Waals surface area contributed by atoms with E-state index in [4.69, 9.17) is 4.74 Å². The lowest BCUT2D eigenvalue weighted by molar-refractivity contribution is -0.385. The van der Waals surface area contributed by atoms with Crippen LogP contribution in [-0.2, 0) is 4.74 Å². The summed E-state index contributed by atoms with van der Waals surface area (Å²) in [4.78, 5) is 24.1. The number of nitrogens with zero attached hydrogens (tertiary/aromatic N) is 2. The zero-order chi connectivity index (χ0) is 15.4. The zero-order valence-electron chi connectivity index (χ0n) is 11.8. The molecule has 6 nitrogen and oxygen atoms in total. The first kappa shape index (κ1) is 15.9. The predicted octanol–water partition coefficient (Wildman–Crippen LogP) is 2.86. The summed E-state index contributed by atoms with van der Waals surface area (Å²) in [5.74, 6) is 0.445. The summed E-state index contributed by atoms with van der Waals surface area (Å²) < 4.78 is 5.85. The van der Waals surface area contributed by atoms with Crippen molar-refractivity contribution in [2.45, 2.75) is 12.8 Å². The topological polar surface area (TPSA) is 72.7 Å². The maximum absolute atomic E-state index is 12.2. The van der Waals surface area contributed by atoms with Crippen LogP contribution in [0.3, 0.4) is 0 Å². The summed E-state index contributed by atoms with van der Waals surface area (Å²) in [7, 11) is 1.66. The van der Waals surface area contributed by atoms with Crippen LogP contribution < -0.4 is 0 Å². The van der Waals surface area contributed by atoms with Gasteiger partial charge in [-0.25, -0.2) is 0 Å². The van der Waals surface area contributed by atoms with Gasteiger partial charge in [-0.05, 0) is 46.8 Å². The monoisotopic (exact) mass is 356 g/mol. The Morgan fingerprint density at radius 3 is 2.86 bits per heavy atom. The third-order valence-corrected chi connectivity index (χ3v) is 4.03. The van der Waals surface area contributed by atoms with E-state index < -0.39 is 4.92 Å². The Morgan fingerprint density at radius 1 is 1.52 bits per heavy atom. The van der Waals surface area contributed by atoms with Gasteiger partial charge in [-0.1, -0.05) is 0 Å². The molecule has 0 N–H and O–H groups in total. The van der Waals surface area contributed by atoms with E-state index in [0.717, 1.165) is 6.61 Å². The first-order valence-electron chi connectivity index (χ1n) is 6.76. The molecule has 21 heavy (non-hydrogen) atoms. The third kappa shape index (κ3) is 4.50. The van der Waals surface area contributed by atoms with Crippen LogP contribution in [0.25, 0.3) is 0 Å². The molecular formula is C14H17BrN2O4. The van der Waals surface area contributed by atoms with Gasteiger partial charge in [-0.15, -0.1) is 0 Å². The van der Waals surface area contributed by atoms with Crippen molar-refractivity contribution in [2.75, 3.05) is 26.8 Å². The van der Waals surface area contributed by atoms with Crippen LogP contribution in [0.1, 0.15) is 23.2 Å². The lowest BCUT2D eigenvalue weighted by Gasteiger charge is -2.17. The van der Waals surface area contributed by atoms with E-state index in [1.165, 1.54) is 29.9 Å². The molecule has 0 aliphatic heterocycles. The van der Waals surface area contributed by atoms with Crippen molar-refractivity contribution in [2.24, 2.45) is 5.92 Å². The minimum Gasteiger partial charge on any atom is -0.379 e. The molecule has 1 aliphatic carbocycles. The van der Waals surface area contributed by atoms with Crippen molar-refractivity contribution in [3.8, 4) is 0 Å². The minimum absolute atomic E-state index is 0.112. The Morgan fingerprint density at radius 2 is 2.24 bits per heavy atom. The highest BCUT2D eigenvalue weighted by atomic mass is 79.9.